The topological polar surface area (TPSA) is 61.8 Å². The van der Waals surface area contributed by atoms with Crippen LogP contribution in [-0.2, 0) is 4.79 Å². The molecule has 1 saturated carbocycles. The van der Waals surface area contributed by atoms with Gasteiger partial charge in [0.15, 0.2) is 0 Å². The average molecular weight is 332 g/mol. The second kappa shape index (κ2) is 6.54. The minimum absolute atomic E-state index is 0.275. The fourth-order valence-electron chi connectivity index (χ4n) is 3.06. The zero-order chi connectivity index (χ0) is 16.3. The molecule has 0 radical (unpaired) electrons. The summed E-state index contributed by atoms with van der Waals surface area (Å²) in [6, 6.07) is 9.05. The number of hydrazone groups is 1. The van der Waals surface area contributed by atoms with Crippen LogP contribution >= 0.6 is 11.6 Å². The third-order valence-electron chi connectivity index (χ3n) is 4.25. The summed E-state index contributed by atoms with van der Waals surface area (Å²) in [5.74, 6) is -0.275. The van der Waals surface area contributed by atoms with Crippen molar-refractivity contribution in [2.45, 2.75) is 37.6 Å². The van der Waals surface area contributed by atoms with Gasteiger partial charge in [0.1, 0.15) is 5.54 Å². The Bertz CT molecular complexity index is 664. The van der Waals surface area contributed by atoms with E-state index in [4.69, 9.17) is 11.6 Å². The Morgan fingerprint density at radius 1 is 1.17 bits per heavy atom. The maximum absolute atomic E-state index is 12.5. The van der Waals surface area contributed by atoms with Gasteiger partial charge < -0.3 is 5.32 Å². The van der Waals surface area contributed by atoms with Gasteiger partial charge in [-0.25, -0.2) is 4.79 Å². The lowest BCUT2D eigenvalue weighted by Crippen LogP contribution is -2.48. The molecule has 1 aromatic rings. The molecule has 3 rings (SSSR count). The Kier molecular flexibility index (Phi) is 4.48. The Morgan fingerprint density at radius 3 is 2.57 bits per heavy atom. The van der Waals surface area contributed by atoms with Crippen LogP contribution in [0.4, 0.5) is 4.79 Å². The van der Waals surface area contributed by atoms with E-state index in [0.29, 0.717) is 17.9 Å². The minimum atomic E-state index is -0.762. The average Bonchev–Trinajstić information content (AvgIpc) is 2.77. The number of nitrogens with zero attached hydrogens (tertiary/aromatic N) is 2. The maximum Gasteiger partial charge on any atom is 0.346 e. The highest BCUT2D eigenvalue weighted by molar-refractivity contribution is 6.41. The monoisotopic (exact) mass is 331 g/mol. The van der Waals surface area contributed by atoms with Crippen LogP contribution in [0.15, 0.2) is 40.5 Å². The molecule has 6 heteroatoms. The number of hydrogen-bond donors (Lipinski definition) is 1. The highest BCUT2D eigenvalue weighted by atomic mass is 35.5. The van der Waals surface area contributed by atoms with Crippen LogP contribution in [-0.4, -0.2) is 28.7 Å². The van der Waals surface area contributed by atoms with Crippen LogP contribution in [0.2, 0.25) is 0 Å². The van der Waals surface area contributed by atoms with E-state index >= 15 is 0 Å². The van der Waals surface area contributed by atoms with Crippen LogP contribution in [0.3, 0.4) is 0 Å². The summed E-state index contributed by atoms with van der Waals surface area (Å²) in [6.45, 7) is 0. The number of carbonyl (C=O) groups is 2. The number of nitrogens with one attached hydrogen (secondary N) is 1. The van der Waals surface area contributed by atoms with Crippen molar-refractivity contribution in [2.75, 3.05) is 0 Å². The number of hydrogen-bond acceptors (Lipinski definition) is 3. The molecule has 23 heavy (non-hydrogen) atoms. The second-order valence-corrected chi connectivity index (χ2v) is 6.31. The molecule has 1 aliphatic carbocycles. The molecule has 2 aliphatic rings. The Morgan fingerprint density at radius 2 is 1.87 bits per heavy atom. The molecule has 3 amide bonds. The van der Waals surface area contributed by atoms with Crippen LogP contribution < -0.4 is 5.32 Å². The molecule has 1 saturated heterocycles. The number of allylic oxidation sites excluding steroid dienone is 1. The highest BCUT2D eigenvalue weighted by Crippen LogP contribution is 2.33. The smallest absolute Gasteiger partial charge is 0.321 e. The van der Waals surface area contributed by atoms with Gasteiger partial charge in [0.25, 0.3) is 5.91 Å². The van der Waals surface area contributed by atoms with Gasteiger partial charge >= 0.3 is 6.03 Å². The summed E-state index contributed by atoms with van der Waals surface area (Å²) in [7, 11) is 0. The minimum Gasteiger partial charge on any atom is -0.321 e. The van der Waals surface area contributed by atoms with Gasteiger partial charge in [-0.3, -0.25) is 4.79 Å². The second-order valence-electron chi connectivity index (χ2n) is 5.87. The quantitative estimate of drug-likeness (QED) is 0.680. The number of rotatable bonds is 3. The number of imide groups is 1. The molecule has 1 aromatic carbocycles. The largest absolute Gasteiger partial charge is 0.346 e. The zero-order valence-electron chi connectivity index (χ0n) is 12.7. The lowest BCUT2D eigenvalue weighted by molar-refractivity contribution is -0.132. The first-order chi connectivity index (χ1) is 11.1. The van der Waals surface area contributed by atoms with E-state index in [-0.39, 0.29) is 5.91 Å². The molecular formula is C17H18ClN3O2. The van der Waals surface area contributed by atoms with Crippen molar-refractivity contribution >= 4 is 35.8 Å². The molecule has 120 valence electrons. The van der Waals surface area contributed by atoms with E-state index in [1.807, 2.05) is 30.3 Å². The number of amides is 3. The number of benzene rings is 1. The van der Waals surface area contributed by atoms with Gasteiger partial charge in [0.2, 0.25) is 0 Å². The lowest BCUT2D eigenvalue weighted by atomic mass is 9.82. The molecule has 1 aliphatic heterocycles. The number of urea groups is 1. The maximum atomic E-state index is 12.5. The van der Waals surface area contributed by atoms with Crippen molar-refractivity contribution in [3.8, 4) is 0 Å². The number of halogens is 1. The first-order valence-electron chi connectivity index (χ1n) is 7.74. The molecule has 0 atom stereocenters. The molecule has 1 heterocycles. The van der Waals surface area contributed by atoms with Crippen LogP contribution in [0.25, 0.3) is 6.08 Å². The molecular weight excluding hydrogens is 314 g/mol. The molecule has 0 bridgehead atoms. The lowest BCUT2D eigenvalue weighted by Gasteiger charge is -2.29. The molecule has 1 spiro atoms. The Labute approximate surface area is 140 Å². The molecule has 2 fully saturated rings. The predicted octanol–water partition coefficient (Wildman–Crippen LogP) is 3.51. The first-order valence-corrected chi connectivity index (χ1v) is 8.11. The van der Waals surface area contributed by atoms with Crippen LogP contribution in [0.5, 0.6) is 0 Å². The van der Waals surface area contributed by atoms with E-state index < -0.39 is 11.6 Å². The fraction of sp³-hybridized carbons (Fsp3) is 0.353. The van der Waals surface area contributed by atoms with Crippen molar-refractivity contribution in [3.63, 3.8) is 0 Å². The van der Waals surface area contributed by atoms with E-state index in [0.717, 1.165) is 29.8 Å². The normalized spacial score (nSPS) is 21.3. The summed E-state index contributed by atoms with van der Waals surface area (Å²) in [5.41, 5.74) is 0.160. The highest BCUT2D eigenvalue weighted by Gasteiger charge is 2.51. The molecule has 0 unspecified atom stereocenters. The number of carbonyl (C=O) groups excluding carboxylic acids is 2. The van der Waals surface area contributed by atoms with Crippen molar-refractivity contribution in [2.24, 2.45) is 5.10 Å². The van der Waals surface area contributed by atoms with Crippen molar-refractivity contribution in [3.05, 3.63) is 40.9 Å². The third kappa shape index (κ3) is 3.29. The standard InChI is InChI=1S/C17H18ClN3O2/c18-14(11-13-7-3-1-4-8-13)12-19-21-15(22)17(20-16(21)23)9-5-2-6-10-17/h1,3-4,7-8,11-12H,2,5-6,9-10H2,(H,20,23)/b14-11+,19-12?. The van der Waals surface area contributed by atoms with Gasteiger partial charge in [-0.2, -0.15) is 5.10 Å². The van der Waals surface area contributed by atoms with E-state index in [9.17, 15) is 9.59 Å². The van der Waals surface area contributed by atoms with Crippen LogP contribution in [0, 0.1) is 0 Å². The summed E-state index contributed by atoms with van der Waals surface area (Å²) < 4.78 is 0. The van der Waals surface area contributed by atoms with Gasteiger partial charge in [-0.05, 0) is 24.5 Å². The Balaban J connectivity index is 1.73. The summed E-state index contributed by atoms with van der Waals surface area (Å²) in [4.78, 5) is 24.6. The summed E-state index contributed by atoms with van der Waals surface area (Å²) in [6.07, 6.45) is 7.39. The van der Waals surface area contributed by atoms with Crippen LogP contribution in [0.1, 0.15) is 37.7 Å². The Hall–Kier alpha value is -2.14. The first kappa shape index (κ1) is 15.7. The van der Waals surface area contributed by atoms with Gasteiger partial charge in [-0.1, -0.05) is 61.2 Å². The summed E-state index contributed by atoms with van der Waals surface area (Å²) >= 11 is 6.11. The molecule has 1 N–H and O–H groups in total. The van der Waals surface area contributed by atoms with E-state index in [2.05, 4.69) is 10.4 Å². The third-order valence-corrected chi connectivity index (χ3v) is 4.45. The fourth-order valence-corrected chi connectivity index (χ4v) is 3.23. The molecule has 0 aromatic heterocycles. The molecule has 5 nitrogen and oxygen atoms in total. The summed E-state index contributed by atoms with van der Waals surface area (Å²) in [5, 5.41) is 8.02. The van der Waals surface area contributed by atoms with E-state index in [1.165, 1.54) is 6.21 Å². The van der Waals surface area contributed by atoms with Crippen molar-refractivity contribution in [1.29, 1.82) is 0 Å². The van der Waals surface area contributed by atoms with Gasteiger partial charge in [-0.15, -0.1) is 5.01 Å². The zero-order valence-corrected chi connectivity index (χ0v) is 13.4. The van der Waals surface area contributed by atoms with Crippen molar-refractivity contribution in [1.82, 2.24) is 10.3 Å². The van der Waals surface area contributed by atoms with Crippen molar-refractivity contribution < 1.29 is 9.59 Å². The van der Waals surface area contributed by atoms with E-state index in [1.54, 1.807) is 6.08 Å². The van der Waals surface area contributed by atoms with Gasteiger partial charge in [0.05, 0.1) is 11.2 Å². The van der Waals surface area contributed by atoms with Gasteiger partial charge in [0, 0.05) is 0 Å². The predicted molar refractivity (Wildman–Crippen MR) is 90.0 cm³/mol. The SMILES string of the molecule is O=C1NC2(CCCCC2)C(=O)N1N=C/C(Cl)=C\c1ccccc1.